The highest BCUT2D eigenvalue weighted by Gasteiger charge is 2.19. The smallest absolute Gasteiger partial charge is 0.0949 e. The molecule has 1 saturated heterocycles. The number of hydrogen-bond donors (Lipinski definition) is 1. The molecule has 1 aliphatic heterocycles. The lowest BCUT2D eigenvalue weighted by Gasteiger charge is -2.31. The topological polar surface area (TPSA) is 39.1 Å². The first-order valence-electron chi connectivity index (χ1n) is 6.12. The van der Waals surface area contributed by atoms with E-state index in [4.69, 9.17) is 5.26 Å². The van der Waals surface area contributed by atoms with Gasteiger partial charge < -0.3 is 5.32 Å². The Kier molecular flexibility index (Phi) is 5.67. The van der Waals surface area contributed by atoms with Crippen molar-refractivity contribution in [3.63, 3.8) is 0 Å². The van der Waals surface area contributed by atoms with Crippen LogP contribution >= 0.6 is 0 Å². The van der Waals surface area contributed by atoms with Gasteiger partial charge in [0.05, 0.1) is 12.1 Å². The fourth-order valence-electron chi connectivity index (χ4n) is 2.21. The Morgan fingerprint density at radius 2 is 2.13 bits per heavy atom. The molecule has 0 saturated carbocycles. The lowest BCUT2D eigenvalue weighted by Crippen LogP contribution is -2.40. The third-order valence-corrected chi connectivity index (χ3v) is 3.20. The Morgan fingerprint density at radius 3 is 2.67 bits per heavy atom. The number of nitrogens with zero attached hydrogens (tertiary/aromatic N) is 2. The Labute approximate surface area is 93.5 Å². The summed E-state index contributed by atoms with van der Waals surface area (Å²) >= 11 is 0. The van der Waals surface area contributed by atoms with Crippen LogP contribution in [0, 0.1) is 17.2 Å². The average molecular weight is 209 g/mol. The van der Waals surface area contributed by atoms with E-state index in [1.54, 1.807) is 0 Å². The van der Waals surface area contributed by atoms with E-state index in [0.29, 0.717) is 0 Å². The van der Waals surface area contributed by atoms with E-state index in [2.05, 4.69) is 23.2 Å². The van der Waals surface area contributed by atoms with Crippen LogP contribution in [0.25, 0.3) is 0 Å². The second kappa shape index (κ2) is 6.81. The van der Waals surface area contributed by atoms with E-state index in [1.165, 1.54) is 12.8 Å². The van der Waals surface area contributed by atoms with E-state index in [-0.39, 0.29) is 6.04 Å². The Morgan fingerprint density at radius 1 is 1.47 bits per heavy atom. The lowest BCUT2D eigenvalue weighted by atomic mass is 9.97. The molecule has 0 aromatic carbocycles. The summed E-state index contributed by atoms with van der Waals surface area (Å²) in [7, 11) is 0. The molecule has 0 bridgehead atoms. The highest BCUT2D eigenvalue weighted by molar-refractivity contribution is 4.89. The molecular weight excluding hydrogens is 186 g/mol. The van der Waals surface area contributed by atoms with Crippen LogP contribution in [-0.4, -0.2) is 37.1 Å². The molecule has 0 spiro atoms. The first kappa shape index (κ1) is 12.5. The largest absolute Gasteiger partial charge is 0.317 e. The van der Waals surface area contributed by atoms with Crippen LogP contribution in [0.15, 0.2) is 0 Å². The molecule has 3 nitrogen and oxygen atoms in total. The van der Waals surface area contributed by atoms with E-state index >= 15 is 0 Å². The number of rotatable bonds is 5. The summed E-state index contributed by atoms with van der Waals surface area (Å²) in [5.74, 6) is 0.786. The van der Waals surface area contributed by atoms with Crippen LogP contribution in [0.4, 0.5) is 0 Å². The molecule has 0 aromatic rings. The van der Waals surface area contributed by atoms with Gasteiger partial charge in [-0.2, -0.15) is 5.26 Å². The van der Waals surface area contributed by atoms with Gasteiger partial charge in [-0.05, 0) is 51.7 Å². The molecule has 1 N–H and O–H groups in total. The summed E-state index contributed by atoms with van der Waals surface area (Å²) in [6, 6.07) is 2.42. The van der Waals surface area contributed by atoms with Crippen LogP contribution in [0.2, 0.25) is 0 Å². The monoisotopic (exact) mass is 209 g/mol. The summed E-state index contributed by atoms with van der Waals surface area (Å²) in [5.41, 5.74) is 0. The summed E-state index contributed by atoms with van der Waals surface area (Å²) in [5, 5.41) is 12.3. The van der Waals surface area contributed by atoms with Crippen molar-refractivity contribution < 1.29 is 0 Å². The predicted molar refractivity (Wildman–Crippen MR) is 62.5 cm³/mol. The van der Waals surface area contributed by atoms with Gasteiger partial charge >= 0.3 is 0 Å². The zero-order chi connectivity index (χ0) is 11.1. The molecule has 1 rings (SSSR count). The molecule has 0 radical (unpaired) electrons. The first-order chi connectivity index (χ1) is 7.27. The normalized spacial score (nSPS) is 20.1. The van der Waals surface area contributed by atoms with Crippen molar-refractivity contribution in [1.82, 2.24) is 10.2 Å². The van der Waals surface area contributed by atoms with Gasteiger partial charge in [-0.3, -0.25) is 4.90 Å². The molecule has 0 aliphatic carbocycles. The van der Waals surface area contributed by atoms with Gasteiger partial charge in [-0.1, -0.05) is 6.92 Å². The molecular formula is C12H23N3. The maximum atomic E-state index is 8.96. The zero-order valence-corrected chi connectivity index (χ0v) is 10.00. The lowest BCUT2D eigenvalue weighted by molar-refractivity contribution is 0.186. The fraction of sp³-hybridized carbons (Fsp3) is 0.917. The zero-order valence-electron chi connectivity index (χ0n) is 10.00. The molecule has 1 fully saturated rings. The molecule has 86 valence electrons. The summed E-state index contributed by atoms with van der Waals surface area (Å²) in [4.78, 5) is 2.33. The highest BCUT2D eigenvalue weighted by Crippen LogP contribution is 2.15. The molecule has 0 amide bonds. The van der Waals surface area contributed by atoms with Crippen molar-refractivity contribution >= 4 is 0 Å². The van der Waals surface area contributed by atoms with Crippen molar-refractivity contribution in [3.05, 3.63) is 0 Å². The number of piperidine rings is 1. The predicted octanol–water partition coefficient (Wildman–Crippen LogP) is 1.61. The molecule has 1 heterocycles. The second-order valence-electron chi connectivity index (χ2n) is 4.49. The summed E-state index contributed by atoms with van der Waals surface area (Å²) in [6.45, 7) is 8.64. The molecule has 15 heavy (non-hydrogen) atoms. The third kappa shape index (κ3) is 4.19. The standard InChI is InChI=1S/C12H23N3/c1-3-8-15(11(2)9-13)10-12-4-6-14-7-5-12/h11-12,14H,3-8,10H2,1-2H3. The molecule has 1 atom stereocenters. The minimum absolute atomic E-state index is 0.0693. The van der Waals surface area contributed by atoms with Crippen LogP contribution in [0.5, 0.6) is 0 Å². The van der Waals surface area contributed by atoms with Gasteiger partial charge in [0.25, 0.3) is 0 Å². The van der Waals surface area contributed by atoms with E-state index in [9.17, 15) is 0 Å². The second-order valence-corrected chi connectivity index (χ2v) is 4.49. The van der Waals surface area contributed by atoms with Crippen molar-refractivity contribution in [2.45, 2.75) is 39.2 Å². The van der Waals surface area contributed by atoms with Crippen LogP contribution < -0.4 is 5.32 Å². The van der Waals surface area contributed by atoms with Crippen molar-refractivity contribution in [2.24, 2.45) is 5.92 Å². The van der Waals surface area contributed by atoms with Crippen LogP contribution in [0.3, 0.4) is 0 Å². The minimum Gasteiger partial charge on any atom is -0.317 e. The first-order valence-corrected chi connectivity index (χ1v) is 6.12. The highest BCUT2D eigenvalue weighted by atomic mass is 15.1. The number of nitriles is 1. The van der Waals surface area contributed by atoms with E-state index in [0.717, 1.165) is 38.5 Å². The molecule has 1 aliphatic rings. The molecule has 0 aromatic heterocycles. The Bertz CT molecular complexity index is 203. The third-order valence-electron chi connectivity index (χ3n) is 3.20. The van der Waals surface area contributed by atoms with Gasteiger partial charge in [0, 0.05) is 6.54 Å². The van der Waals surface area contributed by atoms with Gasteiger partial charge in [0.15, 0.2) is 0 Å². The Hall–Kier alpha value is -0.590. The quantitative estimate of drug-likeness (QED) is 0.747. The average Bonchev–Trinajstić information content (AvgIpc) is 2.29. The molecule has 1 unspecified atom stereocenters. The minimum atomic E-state index is 0.0693. The number of hydrogen-bond acceptors (Lipinski definition) is 3. The van der Waals surface area contributed by atoms with Crippen LogP contribution in [-0.2, 0) is 0 Å². The van der Waals surface area contributed by atoms with Gasteiger partial charge in [-0.25, -0.2) is 0 Å². The van der Waals surface area contributed by atoms with E-state index < -0.39 is 0 Å². The Balaban J connectivity index is 2.38. The van der Waals surface area contributed by atoms with Crippen molar-refractivity contribution in [1.29, 1.82) is 5.26 Å². The van der Waals surface area contributed by atoms with Gasteiger partial charge in [0.1, 0.15) is 0 Å². The van der Waals surface area contributed by atoms with Crippen molar-refractivity contribution in [3.8, 4) is 6.07 Å². The summed E-state index contributed by atoms with van der Waals surface area (Å²) in [6.07, 6.45) is 3.66. The summed E-state index contributed by atoms with van der Waals surface area (Å²) < 4.78 is 0. The fourth-order valence-corrected chi connectivity index (χ4v) is 2.21. The maximum absolute atomic E-state index is 8.96. The van der Waals surface area contributed by atoms with Gasteiger partial charge in [0.2, 0.25) is 0 Å². The van der Waals surface area contributed by atoms with Crippen LogP contribution in [0.1, 0.15) is 33.1 Å². The SMILES string of the molecule is CCCN(CC1CCNCC1)C(C)C#N. The van der Waals surface area contributed by atoms with E-state index in [1.807, 2.05) is 6.92 Å². The van der Waals surface area contributed by atoms with Crippen molar-refractivity contribution in [2.75, 3.05) is 26.2 Å². The van der Waals surface area contributed by atoms with Gasteiger partial charge in [-0.15, -0.1) is 0 Å². The maximum Gasteiger partial charge on any atom is 0.0949 e. The molecule has 3 heteroatoms. The number of nitrogens with one attached hydrogen (secondary N) is 1.